The summed E-state index contributed by atoms with van der Waals surface area (Å²) < 4.78 is 0. The third-order valence-corrected chi connectivity index (χ3v) is 3.35. The molecule has 0 spiro atoms. The third kappa shape index (κ3) is 3.13. The quantitative estimate of drug-likeness (QED) is 0.486. The summed E-state index contributed by atoms with van der Waals surface area (Å²) >= 11 is 3.26. The van der Waals surface area contributed by atoms with E-state index >= 15 is 0 Å². The van der Waals surface area contributed by atoms with Crippen molar-refractivity contribution in [3.05, 3.63) is 39.4 Å². The molecule has 0 N–H and O–H groups in total. The smallest absolute Gasteiger partial charge is 0.269 e. The average Bonchev–Trinajstić information content (AvgIpc) is 2.20. The van der Waals surface area contributed by atoms with Crippen molar-refractivity contribution in [2.45, 2.75) is 25.1 Å². The highest BCUT2D eigenvalue weighted by molar-refractivity contribution is 9.10. The van der Waals surface area contributed by atoms with E-state index in [4.69, 9.17) is 0 Å². The Morgan fingerprint density at radius 1 is 1.56 bits per heavy atom. The molecule has 5 heteroatoms. The highest BCUT2D eigenvalue weighted by Gasteiger charge is 2.14. The van der Waals surface area contributed by atoms with Gasteiger partial charge in [-0.25, -0.2) is 0 Å². The lowest BCUT2D eigenvalue weighted by molar-refractivity contribution is -0.384. The van der Waals surface area contributed by atoms with Gasteiger partial charge in [-0.15, -0.1) is 0 Å². The SMILES string of the molecule is CC(=O)C(Br)Cc1cc([N+](=O)[O-])ccc1C. The molecule has 0 aliphatic carbocycles. The number of carbonyl (C=O) groups is 1. The van der Waals surface area contributed by atoms with Crippen molar-refractivity contribution < 1.29 is 9.72 Å². The lowest BCUT2D eigenvalue weighted by Crippen LogP contribution is -2.13. The van der Waals surface area contributed by atoms with Crippen LogP contribution in [0, 0.1) is 17.0 Å². The second kappa shape index (κ2) is 5.21. The van der Waals surface area contributed by atoms with Crippen LogP contribution in [-0.2, 0) is 11.2 Å². The molecule has 0 aliphatic rings. The van der Waals surface area contributed by atoms with Crippen LogP contribution in [-0.4, -0.2) is 15.5 Å². The Morgan fingerprint density at radius 2 is 2.19 bits per heavy atom. The summed E-state index contributed by atoms with van der Waals surface area (Å²) in [4.78, 5) is 21.0. The van der Waals surface area contributed by atoms with Gasteiger partial charge in [0.05, 0.1) is 9.75 Å². The first-order valence-electron chi connectivity index (χ1n) is 4.80. The second-order valence-corrected chi connectivity index (χ2v) is 4.76. The maximum atomic E-state index is 11.1. The number of rotatable bonds is 4. The molecule has 1 rings (SSSR count). The van der Waals surface area contributed by atoms with Crippen molar-refractivity contribution in [1.29, 1.82) is 0 Å². The number of benzene rings is 1. The standard InChI is InChI=1S/C11H12BrNO3/c1-7-3-4-10(13(15)16)5-9(7)6-11(12)8(2)14/h3-5,11H,6H2,1-2H3. The Morgan fingerprint density at radius 3 is 2.69 bits per heavy atom. The maximum Gasteiger partial charge on any atom is 0.269 e. The van der Waals surface area contributed by atoms with E-state index in [1.54, 1.807) is 6.07 Å². The van der Waals surface area contributed by atoms with Crippen LogP contribution in [0.15, 0.2) is 18.2 Å². The predicted octanol–water partition coefficient (Wildman–Crippen LogP) is 2.80. The molecular weight excluding hydrogens is 274 g/mol. The molecule has 0 amide bonds. The largest absolute Gasteiger partial charge is 0.299 e. The molecule has 0 aliphatic heterocycles. The average molecular weight is 286 g/mol. The molecule has 0 saturated heterocycles. The summed E-state index contributed by atoms with van der Waals surface area (Å²) in [5.41, 5.74) is 1.84. The molecule has 4 nitrogen and oxygen atoms in total. The molecule has 86 valence electrons. The van der Waals surface area contributed by atoms with E-state index in [1.807, 2.05) is 6.92 Å². The van der Waals surface area contributed by atoms with Crippen LogP contribution in [0.4, 0.5) is 5.69 Å². The zero-order chi connectivity index (χ0) is 12.3. The number of halogens is 1. The molecule has 0 heterocycles. The van der Waals surface area contributed by atoms with Crippen molar-refractivity contribution >= 4 is 27.4 Å². The van der Waals surface area contributed by atoms with Gasteiger partial charge < -0.3 is 0 Å². The van der Waals surface area contributed by atoms with Crippen LogP contribution >= 0.6 is 15.9 Å². The van der Waals surface area contributed by atoms with E-state index < -0.39 is 4.92 Å². The summed E-state index contributed by atoms with van der Waals surface area (Å²) in [5, 5.41) is 10.6. The summed E-state index contributed by atoms with van der Waals surface area (Å²) in [6.45, 7) is 3.37. The second-order valence-electron chi connectivity index (χ2n) is 3.65. The van der Waals surface area contributed by atoms with E-state index in [-0.39, 0.29) is 16.3 Å². The molecule has 1 atom stereocenters. The number of nitro benzene ring substituents is 1. The van der Waals surface area contributed by atoms with Gasteiger partial charge >= 0.3 is 0 Å². The van der Waals surface area contributed by atoms with Crippen molar-refractivity contribution in [2.75, 3.05) is 0 Å². The minimum absolute atomic E-state index is 0.0194. The number of hydrogen-bond donors (Lipinski definition) is 0. The molecular formula is C11H12BrNO3. The van der Waals surface area contributed by atoms with Crippen LogP contribution in [0.5, 0.6) is 0 Å². The monoisotopic (exact) mass is 285 g/mol. The third-order valence-electron chi connectivity index (χ3n) is 2.38. The Balaban J connectivity index is 2.98. The minimum Gasteiger partial charge on any atom is -0.299 e. The summed E-state index contributed by atoms with van der Waals surface area (Å²) in [6.07, 6.45) is 0.475. The first-order chi connectivity index (χ1) is 7.41. The van der Waals surface area contributed by atoms with E-state index in [9.17, 15) is 14.9 Å². The van der Waals surface area contributed by atoms with Crippen LogP contribution in [0.2, 0.25) is 0 Å². The predicted molar refractivity (Wildman–Crippen MR) is 64.9 cm³/mol. The minimum atomic E-state index is -0.431. The zero-order valence-electron chi connectivity index (χ0n) is 9.07. The maximum absolute atomic E-state index is 11.1. The molecule has 1 unspecified atom stereocenters. The summed E-state index contributed by atoms with van der Waals surface area (Å²) in [7, 11) is 0. The van der Waals surface area contributed by atoms with Gasteiger partial charge in [0.25, 0.3) is 5.69 Å². The number of nitrogens with zero attached hydrogens (tertiary/aromatic N) is 1. The van der Waals surface area contributed by atoms with Gasteiger partial charge in [0.2, 0.25) is 0 Å². The summed E-state index contributed by atoms with van der Waals surface area (Å²) in [5.74, 6) is 0.0194. The Bertz CT molecular complexity index is 431. The molecule has 16 heavy (non-hydrogen) atoms. The number of aryl methyl sites for hydroxylation is 1. The van der Waals surface area contributed by atoms with E-state index in [2.05, 4.69) is 15.9 Å². The van der Waals surface area contributed by atoms with Gasteiger partial charge in [-0.05, 0) is 31.4 Å². The topological polar surface area (TPSA) is 60.2 Å². The molecule has 1 aromatic rings. The Kier molecular flexibility index (Phi) is 4.18. The van der Waals surface area contributed by atoms with E-state index in [0.29, 0.717) is 6.42 Å². The fourth-order valence-corrected chi connectivity index (χ4v) is 1.68. The zero-order valence-corrected chi connectivity index (χ0v) is 10.7. The Hall–Kier alpha value is -1.23. The number of nitro groups is 1. The number of Topliss-reactive ketones (excluding diaryl/α,β-unsaturated/α-hetero) is 1. The molecule has 0 bridgehead atoms. The van der Waals surface area contributed by atoms with Crippen LogP contribution in [0.1, 0.15) is 18.1 Å². The number of ketones is 1. The Labute approximate surface area is 102 Å². The highest BCUT2D eigenvalue weighted by Crippen LogP contribution is 2.20. The number of carbonyl (C=O) groups excluding carboxylic acids is 1. The first-order valence-corrected chi connectivity index (χ1v) is 5.72. The van der Waals surface area contributed by atoms with Gasteiger partial charge in [0.1, 0.15) is 5.78 Å². The number of hydrogen-bond acceptors (Lipinski definition) is 3. The molecule has 0 aromatic heterocycles. The van der Waals surface area contributed by atoms with Crippen molar-refractivity contribution in [1.82, 2.24) is 0 Å². The highest BCUT2D eigenvalue weighted by atomic mass is 79.9. The number of non-ortho nitro benzene ring substituents is 1. The fraction of sp³-hybridized carbons (Fsp3) is 0.364. The summed E-state index contributed by atoms with van der Waals surface area (Å²) in [6, 6.07) is 4.69. The van der Waals surface area contributed by atoms with Crippen molar-refractivity contribution in [2.24, 2.45) is 0 Å². The van der Waals surface area contributed by atoms with Crippen LogP contribution in [0.25, 0.3) is 0 Å². The van der Waals surface area contributed by atoms with Gasteiger partial charge in [-0.2, -0.15) is 0 Å². The van der Waals surface area contributed by atoms with Gasteiger partial charge in [0, 0.05) is 12.1 Å². The molecule has 0 radical (unpaired) electrons. The number of alkyl halides is 1. The normalized spacial score (nSPS) is 12.2. The van der Waals surface area contributed by atoms with Gasteiger partial charge in [0.15, 0.2) is 0 Å². The van der Waals surface area contributed by atoms with Crippen LogP contribution < -0.4 is 0 Å². The van der Waals surface area contributed by atoms with Gasteiger partial charge in [-0.3, -0.25) is 14.9 Å². The van der Waals surface area contributed by atoms with Crippen molar-refractivity contribution in [3.8, 4) is 0 Å². The van der Waals surface area contributed by atoms with Crippen molar-refractivity contribution in [3.63, 3.8) is 0 Å². The van der Waals surface area contributed by atoms with Gasteiger partial charge in [-0.1, -0.05) is 22.0 Å². The lowest BCUT2D eigenvalue weighted by Gasteiger charge is -2.08. The lowest BCUT2D eigenvalue weighted by atomic mass is 10.0. The molecule has 0 fully saturated rings. The van der Waals surface area contributed by atoms with Crippen LogP contribution in [0.3, 0.4) is 0 Å². The van der Waals surface area contributed by atoms with E-state index in [0.717, 1.165) is 11.1 Å². The molecule has 1 aromatic carbocycles. The fourth-order valence-electron chi connectivity index (χ4n) is 1.33. The van der Waals surface area contributed by atoms with E-state index in [1.165, 1.54) is 19.1 Å². The molecule has 0 saturated carbocycles. The first kappa shape index (κ1) is 12.8.